The van der Waals surface area contributed by atoms with Crippen molar-refractivity contribution in [2.45, 2.75) is 50.7 Å². The average Bonchev–Trinajstić information content (AvgIpc) is 3.30. The Balaban J connectivity index is 1.46. The molecule has 2 heterocycles. The number of likely N-dealkylation sites (tertiary alicyclic amines) is 1. The molecule has 3 atom stereocenters. The van der Waals surface area contributed by atoms with Gasteiger partial charge in [-0.1, -0.05) is 37.1 Å². The molecule has 1 aliphatic carbocycles. The number of rotatable bonds is 5. The lowest BCUT2D eigenvalue weighted by Gasteiger charge is -2.52. The molecule has 0 radical (unpaired) electrons. The number of piperidine rings is 1. The number of para-hydroxylation sites is 1. The molecule has 6 nitrogen and oxygen atoms in total. The van der Waals surface area contributed by atoms with Gasteiger partial charge in [0.25, 0.3) is 0 Å². The number of ether oxygens (including phenoxy) is 3. The van der Waals surface area contributed by atoms with Crippen molar-refractivity contribution in [1.82, 2.24) is 4.90 Å². The Morgan fingerprint density at radius 2 is 2.03 bits per heavy atom. The molecular formula is C27H31NO5. The second-order valence-electron chi connectivity index (χ2n) is 9.10. The Hall–Kier alpha value is -2.99. The number of nitrogens with zero attached hydrogens (tertiary/aromatic N) is 1. The van der Waals surface area contributed by atoms with Gasteiger partial charge in [0.1, 0.15) is 5.75 Å². The Labute approximate surface area is 194 Å². The summed E-state index contributed by atoms with van der Waals surface area (Å²) in [5, 5.41) is 11.5. The van der Waals surface area contributed by atoms with E-state index in [1.165, 1.54) is 0 Å². The first-order valence-electron chi connectivity index (χ1n) is 11.9. The summed E-state index contributed by atoms with van der Waals surface area (Å²) in [6.45, 7) is 3.26. The summed E-state index contributed by atoms with van der Waals surface area (Å²) in [5.74, 6) is 2.13. The summed E-state index contributed by atoms with van der Waals surface area (Å²) in [4.78, 5) is 15.4. The highest BCUT2D eigenvalue weighted by molar-refractivity contribution is 5.92. The van der Waals surface area contributed by atoms with E-state index in [4.69, 9.17) is 14.2 Å². The van der Waals surface area contributed by atoms with E-state index in [0.717, 1.165) is 48.3 Å². The maximum atomic E-state index is 13.5. The Kier molecular flexibility index (Phi) is 6.02. The predicted molar refractivity (Wildman–Crippen MR) is 125 cm³/mol. The first-order chi connectivity index (χ1) is 16.1. The molecule has 3 aliphatic rings. The van der Waals surface area contributed by atoms with Crippen molar-refractivity contribution in [3.05, 3.63) is 59.7 Å². The minimum Gasteiger partial charge on any atom is -0.494 e. The molecule has 33 heavy (non-hydrogen) atoms. The number of carbonyl (C=O) groups is 1. The van der Waals surface area contributed by atoms with Gasteiger partial charge in [0.15, 0.2) is 11.5 Å². The molecular weight excluding hydrogens is 418 g/mol. The van der Waals surface area contributed by atoms with Gasteiger partial charge in [0.05, 0.1) is 18.2 Å². The summed E-state index contributed by atoms with van der Waals surface area (Å²) in [6.07, 6.45) is 7.84. The molecule has 1 saturated heterocycles. The highest BCUT2D eigenvalue weighted by Gasteiger charge is 2.50. The van der Waals surface area contributed by atoms with E-state index >= 15 is 0 Å². The van der Waals surface area contributed by atoms with Crippen molar-refractivity contribution >= 4 is 12.0 Å². The molecule has 2 aromatic carbocycles. The monoisotopic (exact) mass is 449 g/mol. The quantitative estimate of drug-likeness (QED) is 0.669. The fourth-order valence-corrected chi connectivity index (χ4v) is 5.61. The third-order valence-electron chi connectivity index (χ3n) is 7.20. The molecule has 0 unspecified atom stereocenters. The van der Waals surface area contributed by atoms with Crippen LogP contribution in [0.5, 0.6) is 17.2 Å². The van der Waals surface area contributed by atoms with Crippen LogP contribution in [0.15, 0.2) is 48.5 Å². The van der Waals surface area contributed by atoms with Crippen LogP contribution < -0.4 is 14.2 Å². The van der Waals surface area contributed by atoms with E-state index in [1.807, 2.05) is 60.4 Å². The first-order valence-corrected chi connectivity index (χ1v) is 11.9. The van der Waals surface area contributed by atoms with Crippen LogP contribution in [0.2, 0.25) is 0 Å². The summed E-state index contributed by atoms with van der Waals surface area (Å²) in [6, 6.07) is 13.4. The largest absolute Gasteiger partial charge is 0.494 e. The number of fused-ring (bicyclic) bond motifs is 2. The summed E-state index contributed by atoms with van der Waals surface area (Å²) >= 11 is 0. The van der Waals surface area contributed by atoms with Crippen LogP contribution in [0.3, 0.4) is 0 Å². The standard InChI is InChI=1S/C27H31NO5/c1-2-31-22-9-4-3-7-20(22)26-21-8-5-6-14-27(21,30)15-16-28(26)25(29)13-11-19-10-12-23-24(17-19)33-18-32-23/h3-4,7,9-13,17,21,26,30H,2,5-6,8,14-16,18H2,1H3/b13-11+/t21-,26-,27+/m1/s1. The zero-order valence-electron chi connectivity index (χ0n) is 19.0. The highest BCUT2D eigenvalue weighted by Crippen LogP contribution is 2.51. The molecule has 6 heteroatoms. The SMILES string of the molecule is CCOc1ccccc1[C@@H]1[C@H]2CCCC[C@]2(O)CCN1C(=O)/C=C/c1ccc2c(c1)OCO2. The molecule has 1 N–H and O–H groups in total. The van der Waals surface area contributed by atoms with Gasteiger partial charge < -0.3 is 24.2 Å². The van der Waals surface area contributed by atoms with Crippen LogP contribution in [0.4, 0.5) is 0 Å². The van der Waals surface area contributed by atoms with E-state index in [-0.39, 0.29) is 24.7 Å². The molecule has 0 bridgehead atoms. The maximum Gasteiger partial charge on any atom is 0.247 e. The van der Waals surface area contributed by atoms with Crippen molar-refractivity contribution in [2.75, 3.05) is 19.9 Å². The van der Waals surface area contributed by atoms with Gasteiger partial charge >= 0.3 is 0 Å². The van der Waals surface area contributed by atoms with Crippen LogP contribution in [-0.2, 0) is 4.79 Å². The van der Waals surface area contributed by atoms with Gasteiger partial charge in [-0.05, 0) is 56.0 Å². The molecule has 174 valence electrons. The van der Waals surface area contributed by atoms with Gasteiger partial charge in [-0.25, -0.2) is 0 Å². The highest BCUT2D eigenvalue weighted by atomic mass is 16.7. The van der Waals surface area contributed by atoms with E-state index in [1.54, 1.807) is 6.08 Å². The van der Waals surface area contributed by atoms with E-state index in [9.17, 15) is 9.90 Å². The Morgan fingerprint density at radius 1 is 1.18 bits per heavy atom. The molecule has 0 spiro atoms. The number of hydrogen-bond donors (Lipinski definition) is 1. The van der Waals surface area contributed by atoms with Crippen molar-refractivity contribution < 1.29 is 24.1 Å². The predicted octanol–water partition coefficient (Wildman–Crippen LogP) is 4.72. The summed E-state index contributed by atoms with van der Waals surface area (Å²) in [5.41, 5.74) is 1.12. The fraction of sp³-hybridized carbons (Fsp3) is 0.444. The minimum absolute atomic E-state index is 0.00972. The zero-order valence-corrected chi connectivity index (χ0v) is 19.0. The fourth-order valence-electron chi connectivity index (χ4n) is 5.61. The van der Waals surface area contributed by atoms with Gasteiger partial charge in [-0.15, -0.1) is 0 Å². The third-order valence-corrected chi connectivity index (χ3v) is 7.20. The minimum atomic E-state index is -0.736. The topological polar surface area (TPSA) is 68.2 Å². The van der Waals surface area contributed by atoms with Gasteiger partial charge in [-0.2, -0.15) is 0 Å². The number of aliphatic hydroxyl groups is 1. The number of benzene rings is 2. The van der Waals surface area contributed by atoms with Crippen LogP contribution in [0, 0.1) is 5.92 Å². The van der Waals surface area contributed by atoms with Crippen LogP contribution in [-0.4, -0.2) is 41.5 Å². The summed E-state index contributed by atoms with van der Waals surface area (Å²) < 4.78 is 16.8. The molecule has 2 aliphatic heterocycles. The number of carbonyl (C=O) groups excluding carboxylic acids is 1. The van der Waals surface area contributed by atoms with Gasteiger partial charge in [0.2, 0.25) is 12.7 Å². The lowest BCUT2D eigenvalue weighted by atomic mass is 9.66. The van der Waals surface area contributed by atoms with Crippen molar-refractivity contribution in [1.29, 1.82) is 0 Å². The number of amides is 1. The smallest absolute Gasteiger partial charge is 0.247 e. The molecule has 0 aromatic heterocycles. The van der Waals surface area contributed by atoms with Crippen molar-refractivity contribution in [3.8, 4) is 17.2 Å². The number of hydrogen-bond acceptors (Lipinski definition) is 5. The van der Waals surface area contributed by atoms with Crippen molar-refractivity contribution in [2.24, 2.45) is 5.92 Å². The molecule has 2 aromatic rings. The van der Waals surface area contributed by atoms with E-state index in [2.05, 4.69) is 0 Å². The lowest BCUT2D eigenvalue weighted by Crippen LogP contribution is -2.56. The Morgan fingerprint density at radius 3 is 2.91 bits per heavy atom. The second kappa shape index (κ2) is 9.10. The normalized spacial score (nSPS) is 26.3. The third kappa shape index (κ3) is 4.20. The van der Waals surface area contributed by atoms with Gasteiger partial charge in [0, 0.05) is 24.1 Å². The van der Waals surface area contributed by atoms with E-state index < -0.39 is 5.60 Å². The molecule has 1 amide bonds. The average molecular weight is 450 g/mol. The van der Waals surface area contributed by atoms with Gasteiger partial charge in [-0.3, -0.25) is 4.79 Å². The van der Waals surface area contributed by atoms with Crippen LogP contribution in [0.25, 0.3) is 6.08 Å². The molecule has 2 fully saturated rings. The molecule has 5 rings (SSSR count). The Bertz CT molecular complexity index is 1050. The second-order valence-corrected chi connectivity index (χ2v) is 9.10. The maximum absolute atomic E-state index is 13.5. The zero-order chi connectivity index (χ0) is 22.8. The van der Waals surface area contributed by atoms with Crippen LogP contribution in [0.1, 0.15) is 56.2 Å². The molecule has 1 saturated carbocycles. The summed E-state index contributed by atoms with van der Waals surface area (Å²) in [7, 11) is 0. The lowest BCUT2D eigenvalue weighted by molar-refractivity contribution is -0.151. The van der Waals surface area contributed by atoms with Crippen LogP contribution >= 0.6 is 0 Å². The first kappa shape index (κ1) is 21.8. The van der Waals surface area contributed by atoms with Crippen molar-refractivity contribution in [3.63, 3.8) is 0 Å². The van der Waals surface area contributed by atoms with E-state index in [0.29, 0.717) is 25.3 Å².